The monoisotopic (exact) mass is 195 g/mol. The highest BCUT2D eigenvalue weighted by Crippen LogP contribution is 2.20. The molecule has 0 aliphatic carbocycles. The van der Waals surface area contributed by atoms with E-state index in [4.69, 9.17) is 26.2 Å². The van der Waals surface area contributed by atoms with Crippen molar-refractivity contribution in [2.45, 2.75) is 36.9 Å². The zero-order valence-corrected chi connectivity index (χ0v) is 6.69. The largest absolute Gasteiger partial charge is 0.387 e. The van der Waals surface area contributed by atoms with Crippen molar-refractivity contribution < 1.29 is 30.3 Å². The van der Waals surface area contributed by atoms with Crippen LogP contribution >= 0.6 is 0 Å². The first-order valence-electron chi connectivity index (χ1n) is 3.76. The lowest BCUT2D eigenvalue weighted by molar-refractivity contribution is -0.296. The fourth-order valence-corrected chi connectivity index (χ4v) is 1.17. The number of hydrogen-bond donors (Lipinski definition) is 6. The van der Waals surface area contributed by atoms with Crippen LogP contribution in [0.25, 0.3) is 0 Å². The standard InChI is InChI=1S/C6H13NO6/c7-5(11)4-2(9)1(8)3(10)6(12)13-4/h1-6,8-12H,7H2. The molecule has 13 heavy (non-hydrogen) atoms. The molecule has 0 aromatic heterocycles. The molecule has 0 aromatic carbocycles. The van der Waals surface area contributed by atoms with Crippen LogP contribution in [0, 0.1) is 0 Å². The van der Waals surface area contributed by atoms with Crippen molar-refractivity contribution in [2.75, 3.05) is 0 Å². The summed E-state index contributed by atoms with van der Waals surface area (Å²) >= 11 is 0. The van der Waals surface area contributed by atoms with Crippen LogP contribution in [0.4, 0.5) is 0 Å². The summed E-state index contributed by atoms with van der Waals surface area (Å²) in [6, 6.07) is 0. The average Bonchev–Trinajstić information content (AvgIpc) is 2.07. The first kappa shape index (κ1) is 10.8. The van der Waals surface area contributed by atoms with Gasteiger partial charge in [0.25, 0.3) is 0 Å². The quantitative estimate of drug-likeness (QED) is 0.235. The minimum absolute atomic E-state index is 1.31. The van der Waals surface area contributed by atoms with Gasteiger partial charge in [-0.1, -0.05) is 0 Å². The van der Waals surface area contributed by atoms with Gasteiger partial charge in [0.15, 0.2) is 6.29 Å². The van der Waals surface area contributed by atoms with Crippen LogP contribution in [0.15, 0.2) is 0 Å². The fraction of sp³-hybridized carbons (Fsp3) is 1.00. The molecule has 6 atom stereocenters. The molecule has 0 bridgehead atoms. The van der Waals surface area contributed by atoms with Crippen molar-refractivity contribution >= 4 is 0 Å². The summed E-state index contributed by atoms with van der Waals surface area (Å²) in [5, 5.41) is 45.2. The topological polar surface area (TPSA) is 136 Å². The van der Waals surface area contributed by atoms with E-state index in [1.54, 1.807) is 0 Å². The number of nitrogens with two attached hydrogens (primary N) is 1. The molecule has 0 aromatic rings. The molecular formula is C6H13NO6. The summed E-state index contributed by atoms with van der Waals surface area (Å²) in [6.45, 7) is 0. The Hall–Kier alpha value is -0.280. The second kappa shape index (κ2) is 3.84. The van der Waals surface area contributed by atoms with Crippen molar-refractivity contribution in [3.8, 4) is 0 Å². The SMILES string of the molecule is NC(O)C1OC(O)C(O)C(O)C1O. The lowest BCUT2D eigenvalue weighted by atomic mass is 9.98. The van der Waals surface area contributed by atoms with Crippen molar-refractivity contribution in [3.05, 3.63) is 0 Å². The third-order valence-corrected chi connectivity index (χ3v) is 1.96. The van der Waals surface area contributed by atoms with Gasteiger partial charge >= 0.3 is 0 Å². The molecule has 6 unspecified atom stereocenters. The van der Waals surface area contributed by atoms with Gasteiger partial charge in [-0.3, -0.25) is 0 Å². The summed E-state index contributed by atoms with van der Waals surface area (Å²) in [6.07, 6.45) is -9.24. The van der Waals surface area contributed by atoms with Gasteiger partial charge in [-0.2, -0.15) is 0 Å². The van der Waals surface area contributed by atoms with E-state index in [-0.39, 0.29) is 0 Å². The van der Waals surface area contributed by atoms with Crippen molar-refractivity contribution in [1.82, 2.24) is 0 Å². The van der Waals surface area contributed by atoms with E-state index in [2.05, 4.69) is 4.74 Å². The molecule has 1 saturated heterocycles. The molecule has 0 amide bonds. The first-order valence-corrected chi connectivity index (χ1v) is 3.76. The lowest BCUT2D eigenvalue weighted by Crippen LogP contribution is -2.62. The fourth-order valence-electron chi connectivity index (χ4n) is 1.17. The Morgan fingerprint density at radius 3 is 2.00 bits per heavy atom. The Morgan fingerprint density at radius 2 is 1.54 bits per heavy atom. The van der Waals surface area contributed by atoms with Crippen LogP contribution < -0.4 is 5.73 Å². The van der Waals surface area contributed by atoms with Gasteiger partial charge in [0.2, 0.25) is 0 Å². The zero-order valence-electron chi connectivity index (χ0n) is 6.69. The van der Waals surface area contributed by atoms with Crippen LogP contribution in [0.5, 0.6) is 0 Å². The van der Waals surface area contributed by atoms with Crippen LogP contribution in [0.2, 0.25) is 0 Å². The number of ether oxygens (including phenoxy) is 1. The van der Waals surface area contributed by atoms with Gasteiger partial charge in [-0.25, -0.2) is 0 Å². The Balaban J connectivity index is 2.70. The third kappa shape index (κ3) is 1.97. The third-order valence-electron chi connectivity index (χ3n) is 1.96. The molecule has 78 valence electrons. The van der Waals surface area contributed by atoms with Crippen LogP contribution in [-0.4, -0.2) is 62.5 Å². The van der Waals surface area contributed by atoms with Gasteiger partial charge in [-0.15, -0.1) is 0 Å². The highest BCUT2D eigenvalue weighted by Gasteiger charge is 2.44. The molecule has 7 nitrogen and oxygen atoms in total. The number of aliphatic hydroxyl groups is 5. The number of aliphatic hydroxyl groups excluding tert-OH is 5. The molecular weight excluding hydrogens is 182 g/mol. The normalized spacial score (nSPS) is 48.9. The first-order chi connectivity index (χ1) is 5.95. The molecule has 1 fully saturated rings. The summed E-state index contributed by atoms with van der Waals surface area (Å²) in [5.41, 5.74) is 4.99. The van der Waals surface area contributed by atoms with Gasteiger partial charge in [-0.05, 0) is 0 Å². The van der Waals surface area contributed by atoms with Gasteiger partial charge in [0, 0.05) is 0 Å². The van der Waals surface area contributed by atoms with Crippen molar-refractivity contribution in [3.63, 3.8) is 0 Å². The molecule has 1 rings (SSSR count). The smallest absolute Gasteiger partial charge is 0.184 e. The van der Waals surface area contributed by atoms with E-state index in [0.717, 1.165) is 0 Å². The minimum Gasteiger partial charge on any atom is -0.387 e. The molecule has 7 heteroatoms. The number of hydrogen-bond acceptors (Lipinski definition) is 7. The van der Waals surface area contributed by atoms with Crippen LogP contribution in [-0.2, 0) is 4.74 Å². The van der Waals surface area contributed by atoms with Crippen LogP contribution in [0.1, 0.15) is 0 Å². The highest BCUT2D eigenvalue weighted by molar-refractivity contribution is 4.90. The Bertz CT molecular complexity index is 177. The van der Waals surface area contributed by atoms with E-state index in [1.165, 1.54) is 0 Å². The summed E-state index contributed by atoms with van der Waals surface area (Å²) in [5.74, 6) is 0. The predicted molar refractivity (Wildman–Crippen MR) is 39.1 cm³/mol. The predicted octanol–water partition coefficient (Wildman–Crippen LogP) is -3.94. The molecule has 1 heterocycles. The lowest BCUT2D eigenvalue weighted by Gasteiger charge is -2.39. The molecule has 1 aliphatic rings. The molecule has 0 radical (unpaired) electrons. The summed E-state index contributed by atoms with van der Waals surface area (Å²) in [7, 11) is 0. The van der Waals surface area contributed by atoms with E-state index >= 15 is 0 Å². The molecule has 1 aliphatic heterocycles. The van der Waals surface area contributed by atoms with E-state index in [0.29, 0.717) is 0 Å². The highest BCUT2D eigenvalue weighted by atomic mass is 16.6. The summed E-state index contributed by atoms with van der Waals surface area (Å²) in [4.78, 5) is 0. The van der Waals surface area contributed by atoms with E-state index in [9.17, 15) is 5.11 Å². The maximum absolute atomic E-state index is 9.21. The second-order valence-electron chi connectivity index (χ2n) is 2.95. The Morgan fingerprint density at radius 1 is 1.00 bits per heavy atom. The van der Waals surface area contributed by atoms with Gasteiger partial charge in [0.05, 0.1) is 0 Å². The van der Waals surface area contributed by atoms with E-state index in [1.807, 2.05) is 0 Å². The summed E-state index contributed by atoms with van der Waals surface area (Å²) < 4.78 is 4.56. The minimum atomic E-state index is -1.67. The molecule has 0 saturated carbocycles. The Labute approximate surface area is 74.0 Å². The van der Waals surface area contributed by atoms with E-state index < -0.39 is 36.9 Å². The van der Waals surface area contributed by atoms with Gasteiger partial charge < -0.3 is 36.0 Å². The maximum Gasteiger partial charge on any atom is 0.184 e. The molecule has 0 spiro atoms. The van der Waals surface area contributed by atoms with Gasteiger partial charge in [0.1, 0.15) is 30.6 Å². The second-order valence-corrected chi connectivity index (χ2v) is 2.95. The number of rotatable bonds is 1. The molecule has 7 N–H and O–H groups in total. The van der Waals surface area contributed by atoms with Crippen molar-refractivity contribution in [2.24, 2.45) is 5.73 Å². The Kier molecular flexibility index (Phi) is 3.19. The van der Waals surface area contributed by atoms with Crippen molar-refractivity contribution in [1.29, 1.82) is 0 Å². The average molecular weight is 195 g/mol. The van der Waals surface area contributed by atoms with Crippen LogP contribution in [0.3, 0.4) is 0 Å². The zero-order chi connectivity index (χ0) is 10.2. The maximum atomic E-state index is 9.21.